The molecule has 2 rings (SSSR count). The standard InChI is InChI=1S/C16H15Cl2NO2/c1-9(2)21-16-12(7-10(17)8-13(16)18)15(20)11-5-3-4-6-14(11)19/h3-9H,19H2,1-2H3. The van der Waals surface area contributed by atoms with Gasteiger partial charge in [-0.3, -0.25) is 4.79 Å². The number of para-hydroxylation sites is 1. The van der Waals surface area contributed by atoms with Crippen LogP contribution in [0.1, 0.15) is 29.8 Å². The van der Waals surface area contributed by atoms with Crippen molar-refractivity contribution in [3.8, 4) is 5.75 Å². The van der Waals surface area contributed by atoms with Gasteiger partial charge < -0.3 is 10.5 Å². The van der Waals surface area contributed by atoms with Gasteiger partial charge in [-0.15, -0.1) is 0 Å². The molecular formula is C16H15Cl2NO2. The smallest absolute Gasteiger partial charge is 0.198 e. The maximum Gasteiger partial charge on any atom is 0.198 e. The van der Waals surface area contributed by atoms with Gasteiger partial charge in [-0.1, -0.05) is 35.3 Å². The third-order valence-electron chi connectivity index (χ3n) is 2.81. The average molecular weight is 324 g/mol. The second kappa shape index (κ2) is 6.37. The number of nitrogen functional groups attached to an aromatic ring is 1. The minimum absolute atomic E-state index is 0.122. The van der Waals surface area contributed by atoms with Gasteiger partial charge in [-0.25, -0.2) is 0 Å². The minimum atomic E-state index is -0.270. The van der Waals surface area contributed by atoms with E-state index in [0.717, 1.165) is 0 Å². The molecule has 0 radical (unpaired) electrons. The van der Waals surface area contributed by atoms with Gasteiger partial charge >= 0.3 is 0 Å². The zero-order valence-electron chi connectivity index (χ0n) is 11.7. The second-order valence-electron chi connectivity index (χ2n) is 4.85. The molecular weight excluding hydrogens is 309 g/mol. The number of anilines is 1. The molecule has 2 N–H and O–H groups in total. The van der Waals surface area contributed by atoms with Crippen LogP contribution >= 0.6 is 23.2 Å². The largest absolute Gasteiger partial charge is 0.489 e. The number of carbonyl (C=O) groups excluding carboxylic acids is 1. The molecule has 0 bridgehead atoms. The van der Waals surface area contributed by atoms with Gasteiger partial charge in [0.15, 0.2) is 5.78 Å². The number of ketones is 1. The van der Waals surface area contributed by atoms with E-state index in [1.807, 2.05) is 13.8 Å². The molecule has 0 atom stereocenters. The van der Waals surface area contributed by atoms with E-state index in [1.165, 1.54) is 0 Å². The van der Waals surface area contributed by atoms with E-state index in [0.29, 0.717) is 32.6 Å². The number of carbonyl (C=O) groups is 1. The molecule has 21 heavy (non-hydrogen) atoms. The lowest BCUT2D eigenvalue weighted by atomic mass is 10.0. The maximum absolute atomic E-state index is 12.7. The zero-order valence-corrected chi connectivity index (χ0v) is 13.2. The summed E-state index contributed by atoms with van der Waals surface area (Å²) in [7, 11) is 0. The maximum atomic E-state index is 12.7. The molecule has 0 spiro atoms. The van der Waals surface area contributed by atoms with Gasteiger partial charge in [0, 0.05) is 16.3 Å². The topological polar surface area (TPSA) is 52.3 Å². The Balaban J connectivity index is 2.57. The SMILES string of the molecule is CC(C)Oc1c(Cl)cc(Cl)cc1C(=O)c1ccccc1N. The van der Waals surface area contributed by atoms with Crippen LogP contribution in [-0.4, -0.2) is 11.9 Å². The third-order valence-corrected chi connectivity index (χ3v) is 3.31. The van der Waals surface area contributed by atoms with Crippen molar-refractivity contribution >= 4 is 34.7 Å². The summed E-state index contributed by atoms with van der Waals surface area (Å²) in [6.45, 7) is 3.71. The first-order valence-electron chi connectivity index (χ1n) is 6.45. The molecule has 0 heterocycles. The minimum Gasteiger partial charge on any atom is -0.489 e. The molecule has 0 unspecified atom stereocenters. The van der Waals surface area contributed by atoms with E-state index in [2.05, 4.69) is 0 Å². The Hall–Kier alpha value is -1.71. The Morgan fingerprint density at radius 1 is 1.14 bits per heavy atom. The molecule has 5 heteroatoms. The molecule has 0 saturated carbocycles. The van der Waals surface area contributed by atoms with Gasteiger partial charge in [-0.2, -0.15) is 0 Å². The Morgan fingerprint density at radius 2 is 1.81 bits per heavy atom. The molecule has 0 amide bonds. The van der Waals surface area contributed by atoms with Crippen molar-refractivity contribution in [2.75, 3.05) is 5.73 Å². The van der Waals surface area contributed by atoms with E-state index in [1.54, 1.807) is 36.4 Å². The summed E-state index contributed by atoms with van der Waals surface area (Å²) in [5.74, 6) is 0.0532. The Labute approximate surface area is 133 Å². The van der Waals surface area contributed by atoms with Crippen LogP contribution in [0.15, 0.2) is 36.4 Å². The lowest BCUT2D eigenvalue weighted by molar-refractivity contribution is 0.103. The molecule has 0 aliphatic rings. The summed E-state index contributed by atoms with van der Waals surface area (Å²) in [6, 6.07) is 9.93. The van der Waals surface area contributed by atoms with E-state index in [4.69, 9.17) is 33.7 Å². The van der Waals surface area contributed by atoms with Gasteiger partial charge in [0.2, 0.25) is 0 Å². The summed E-state index contributed by atoms with van der Waals surface area (Å²) >= 11 is 12.2. The Morgan fingerprint density at radius 3 is 2.43 bits per heavy atom. The summed E-state index contributed by atoms with van der Waals surface area (Å²) in [6.07, 6.45) is -0.122. The fraction of sp³-hybridized carbons (Fsp3) is 0.188. The number of nitrogens with two attached hydrogens (primary N) is 1. The third kappa shape index (κ3) is 3.49. The molecule has 3 nitrogen and oxygen atoms in total. The van der Waals surface area contributed by atoms with Crippen LogP contribution in [-0.2, 0) is 0 Å². The summed E-state index contributed by atoms with van der Waals surface area (Å²) in [4.78, 5) is 12.7. The molecule has 0 saturated heterocycles. The van der Waals surface area contributed by atoms with Crippen LogP contribution in [0.3, 0.4) is 0 Å². The molecule has 110 valence electrons. The molecule has 0 aromatic heterocycles. The predicted octanol–water partition coefficient (Wildman–Crippen LogP) is 4.59. The quantitative estimate of drug-likeness (QED) is 0.661. The van der Waals surface area contributed by atoms with E-state index in [9.17, 15) is 4.79 Å². The van der Waals surface area contributed by atoms with Gasteiger partial charge in [-0.05, 0) is 38.1 Å². The van der Waals surface area contributed by atoms with Crippen molar-refractivity contribution in [3.05, 3.63) is 57.6 Å². The lowest BCUT2D eigenvalue weighted by Crippen LogP contribution is -2.12. The fourth-order valence-corrected chi connectivity index (χ4v) is 2.47. The first-order valence-corrected chi connectivity index (χ1v) is 7.20. The zero-order chi connectivity index (χ0) is 15.6. The number of ether oxygens (including phenoxy) is 1. The Bertz CT molecular complexity index is 684. The summed E-state index contributed by atoms with van der Waals surface area (Å²) in [5.41, 5.74) is 6.95. The fourth-order valence-electron chi connectivity index (χ4n) is 1.93. The van der Waals surface area contributed by atoms with Crippen LogP contribution in [0.4, 0.5) is 5.69 Å². The molecule has 2 aromatic rings. The summed E-state index contributed by atoms with van der Waals surface area (Å²) < 4.78 is 5.66. The first kappa shape index (κ1) is 15.7. The predicted molar refractivity (Wildman–Crippen MR) is 86.5 cm³/mol. The molecule has 0 aliphatic carbocycles. The lowest BCUT2D eigenvalue weighted by Gasteiger charge is -2.16. The first-order chi connectivity index (χ1) is 9.90. The highest BCUT2D eigenvalue weighted by molar-refractivity contribution is 6.36. The van der Waals surface area contributed by atoms with Gasteiger partial charge in [0.05, 0.1) is 16.7 Å². The number of hydrogen-bond donors (Lipinski definition) is 1. The van der Waals surface area contributed by atoms with E-state index < -0.39 is 0 Å². The van der Waals surface area contributed by atoms with Gasteiger partial charge in [0.25, 0.3) is 0 Å². The summed E-state index contributed by atoms with van der Waals surface area (Å²) in [5, 5.41) is 0.669. The molecule has 0 fully saturated rings. The van der Waals surface area contributed by atoms with Crippen molar-refractivity contribution in [2.24, 2.45) is 0 Å². The molecule has 0 aliphatic heterocycles. The van der Waals surface area contributed by atoms with Crippen LogP contribution < -0.4 is 10.5 Å². The van der Waals surface area contributed by atoms with Crippen molar-refractivity contribution in [1.29, 1.82) is 0 Å². The van der Waals surface area contributed by atoms with Crippen molar-refractivity contribution < 1.29 is 9.53 Å². The number of rotatable bonds is 4. The van der Waals surface area contributed by atoms with Crippen LogP contribution in [0.2, 0.25) is 10.0 Å². The Kier molecular flexibility index (Phi) is 4.76. The second-order valence-corrected chi connectivity index (χ2v) is 5.69. The highest BCUT2D eigenvalue weighted by Gasteiger charge is 2.21. The number of halogens is 2. The van der Waals surface area contributed by atoms with Crippen LogP contribution in [0.25, 0.3) is 0 Å². The normalized spacial score (nSPS) is 10.7. The van der Waals surface area contributed by atoms with Crippen molar-refractivity contribution in [1.82, 2.24) is 0 Å². The van der Waals surface area contributed by atoms with Crippen molar-refractivity contribution in [2.45, 2.75) is 20.0 Å². The van der Waals surface area contributed by atoms with E-state index >= 15 is 0 Å². The van der Waals surface area contributed by atoms with Crippen LogP contribution in [0.5, 0.6) is 5.75 Å². The number of benzene rings is 2. The van der Waals surface area contributed by atoms with E-state index in [-0.39, 0.29) is 11.9 Å². The van der Waals surface area contributed by atoms with Crippen LogP contribution in [0, 0.1) is 0 Å². The van der Waals surface area contributed by atoms with Crippen molar-refractivity contribution in [3.63, 3.8) is 0 Å². The molecule has 2 aromatic carbocycles. The highest BCUT2D eigenvalue weighted by atomic mass is 35.5. The highest BCUT2D eigenvalue weighted by Crippen LogP contribution is 2.35. The average Bonchev–Trinajstić information content (AvgIpc) is 2.41. The monoisotopic (exact) mass is 323 g/mol. The van der Waals surface area contributed by atoms with Gasteiger partial charge in [0.1, 0.15) is 5.75 Å². The number of hydrogen-bond acceptors (Lipinski definition) is 3.